The van der Waals surface area contributed by atoms with Gasteiger partial charge in [0.1, 0.15) is 5.84 Å². The maximum absolute atomic E-state index is 8.76. The number of likely N-dealkylation sites (N-methyl/N-ethyl adjacent to an activating group) is 1. The van der Waals surface area contributed by atoms with E-state index in [2.05, 4.69) is 36.0 Å². The molecule has 5 heteroatoms. The number of likely N-dealkylation sites (tertiary alicyclic amines) is 1. The number of rotatable bonds is 7. The molecule has 5 nitrogen and oxygen atoms in total. The van der Waals surface area contributed by atoms with E-state index >= 15 is 0 Å². The number of nitrogens with two attached hydrogens (primary N) is 1. The van der Waals surface area contributed by atoms with Gasteiger partial charge in [0, 0.05) is 24.5 Å². The number of hydrogen-bond donors (Lipinski definition) is 2. The van der Waals surface area contributed by atoms with Crippen LogP contribution in [0.25, 0.3) is 0 Å². The molecule has 20 heavy (non-hydrogen) atoms. The van der Waals surface area contributed by atoms with Crippen LogP contribution >= 0.6 is 0 Å². The average molecular weight is 284 g/mol. The smallest absolute Gasteiger partial charge is 0.144 e. The lowest BCUT2D eigenvalue weighted by Gasteiger charge is -2.24. The lowest BCUT2D eigenvalue weighted by atomic mass is 9.86. The molecule has 1 fully saturated rings. The molecule has 0 spiro atoms. The van der Waals surface area contributed by atoms with Crippen molar-refractivity contribution in [2.45, 2.75) is 46.1 Å². The van der Waals surface area contributed by atoms with Crippen molar-refractivity contribution in [2.75, 3.05) is 33.7 Å². The molecule has 0 radical (unpaired) electrons. The molecule has 0 amide bonds. The van der Waals surface area contributed by atoms with Gasteiger partial charge in [0.25, 0.3) is 0 Å². The molecule has 2 atom stereocenters. The van der Waals surface area contributed by atoms with E-state index in [1.54, 1.807) is 0 Å². The van der Waals surface area contributed by atoms with E-state index in [1.165, 1.54) is 19.5 Å². The summed E-state index contributed by atoms with van der Waals surface area (Å²) in [7, 11) is 4.34. The van der Waals surface area contributed by atoms with Crippen molar-refractivity contribution in [1.29, 1.82) is 0 Å². The molecule has 0 saturated carbocycles. The zero-order valence-electron chi connectivity index (χ0n) is 13.8. The lowest BCUT2D eigenvalue weighted by Crippen LogP contribution is -2.34. The van der Waals surface area contributed by atoms with Crippen LogP contribution in [0.15, 0.2) is 5.16 Å². The Bertz CT molecular complexity index is 328. The van der Waals surface area contributed by atoms with E-state index in [0.29, 0.717) is 11.9 Å². The molecule has 1 aliphatic rings. The van der Waals surface area contributed by atoms with Crippen LogP contribution in [0.1, 0.15) is 40.0 Å². The van der Waals surface area contributed by atoms with E-state index in [4.69, 9.17) is 10.9 Å². The first-order chi connectivity index (χ1) is 9.27. The normalized spacial score (nSPS) is 25.6. The third-order valence-electron chi connectivity index (χ3n) is 4.64. The van der Waals surface area contributed by atoms with Crippen LogP contribution in [0.2, 0.25) is 0 Å². The molecule has 0 aromatic carbocycles. The minimum Gasteiger partial charge on any atom is -0.409 e. The van der Waals surface area contributed by atoms with Gasteiger partial charge in [0.05, 0.1) is 0 Å². The first-order valence-electron chi connectivity index (χ1n) is 7.64. The number of hydrogen-bond acceptors (Lipinski definition) is 4. The highest BCUT2D eigenvalue weighted by atomic mass is 16.4. The molecule has 0 aromatic heterocycles. The molecular weight excluding hydrogens is 252 g/mol. The molecule has 0 aromatic rings. The van der Waals surface area contributed by atoms with E-state index in [1.807, 2.05) is 13.8 Å². The predicted octanol–water partition coefficient (Wildman–Crippen LogP) is 1.81. The Balaban J connectivity index is 2.26. The summed E-state index contributed by atoms with van der Waals surface area (Å²) in [5, 5.41) is 11.9. The van der Waals surface area contributed by atoms with Crippen molar-refractivity contribution in [3.8, 4) is 0 Å². The summed E-state index contributed by atoms with van der Waals surface area (Å²) in [5.74, 6) is 1.08. The van der Waals surface area contributed by atoms with Crippen molar-refractivity contribution in [3.05, 3.63) is 0 Å². The summed E-state index contributed by atoms with van der Waals surface area (Å²) >= 11 is 0. The zero-order chi connectivity index (χ0) is 15.3. The molecular formula is C15H32N4O. The monoisotopic (exact) mass is 284 g/mol. The van der Waals surface area contributed by atoms with E-state index < -0.39 is 0 Å². The first kappa shape index (κ1) is 17.2. The van der Waals surface area contributed by atoms with Gasteiger partial charge in [-0.05, 0) is 39.4 Å². The highest BCUT2D eigenvalue weighted by Gasteiger charge is 2.30. The quantitative estimate of drug-likeness (QED) is 0.246. The molecule has 1 aliphatic heterocycles. The largest absolute Gasteiger partial charge is 0.409 e. The van der Waals surface area contributed by atoms with E-state index in [0.717, 1.165) is 25.3 Å². The van der Waals surface area contributed by atoms with Gasteiger partial charge in [0.15, 0.2) is 0 Å². The van der Waals surface area contributed by atoms with Crippen molar-refractivity contribution >= 4 is 5.84 Å². The highest BCUT2D eigenvalue weighted by molar-refractivity contribution is 5.85. The predicted molar refractivity (Wildman–Crippen MR) is 84.1 cm³/mol. The Morgan fingerprint density at radius 3 is 2.50 bits per heavy atom. The topological polar surface area (TPSA) is 65.1 Å². The van der Waals surface area contributed by atoms with Crippen LogP contribution in [0.5, 0.6) is 0 Å². The van der Waals surface area contributed by atoms with Gasteiger partial charge < -0.3 is 20.7 Å². The van der Waals surface area contributed by atoms with Gasteiger partial charge in [-0.2, -0.15) is 0 Å². The number of nitrogens with zero attached hydrogens (tertiary/aromatic N) is 3. The molecule has 3 N–H and O–H groups in total. The summed E-state index contributed by atoms with van der Waals surface area (Å²) in [5.41, 5.74) is 5.50. The van der Waals surface area contributed by atoms with Crippen LogP contribution in [0.3, 0.4) is 0 Å². The molecule has 1 saturated heterocycles. The number of amidine groups is 1. The molecule has 0 bridgehead atoms. The molecule has 2 unspecified atom stereocenters. The standard InChI is InChI=1S/C15H32N4O/c1-12-10-19(11-13(12)18(4)5)9-7-6-8-15(2,3)14(16)17-20/h12-13,20H,6-11H2,1-5H3,(H2,16,17). The van der Waals surface area contributed by atoms with Gasteiger partial charge in [-0.15, -0.1) is 0 Å². The van der Waals surface area contributed by atoms with Crippen molar-refractivity contribution in [1.82, 2.24) is 9.80 Å². The fourth-order valence-corrected chi connectivity index (χ4v) is 3.07. The van der Waals surface area contributed by atoms with Crippen LogP contribution in [-0.4, -0.2) is 60.6 Å². The second-order valence-corrected chi connectivity index (χ2v) is 7.09. The van der Waals surface area contributed by atoms with Crippen molar-refractivity contribution in [2.24, 2.45) is 22.2 Å². The first-order valence-corrected chi connectivity index (χ1v) is 7.64. The second-order valence-electron chi connectivity index (χ2n) is 7.09. The number of unbranched alkanes of at least 4 members (excludes halogenated alkanes) is 1. The number of oxime groups is 1. The SMILES string of the molecule is CC1CN(CCCCC(C)(C)C(N)=NO)CC1N(C)C. The molecule has 1 rings (SSSR count). The van der Waals surface area contributed by atoms with E-state index in [9.17, 15) is 0 Å². The Hall–Kier alpha value is -0.810. The van der Waals surface area contributed by atoms with Crippen LogP contribution in [0, 0.1) is 11.3 Å². The zero-order valence-corrected chi connectivity index (χ0v) is 13.8. The van der Waals surface area contributed by atoms with Gasteiger partial charge in [-0.1, -0.05) is 32.3 Å². The van der Waals surface area contributed by atoms with Crippen molar-refractivity contribution in [3.63, 3.8) is 0 Å². The Morgan fingerprint density at radius 1 is 1.35 bits per heavy atom. The summed E-state index contributed by atoms with van der Waals surface area (Å²) in [6, 6.07) is 0.684. The maximum atomic E-state index is 8.76. The third kappa shape index (κ3) is 4.63. The summed E-state index contributed by atoms with van der Waals surface area (Å²) < 4.78 is 0. The third-order valence-corrected chi connectivity index (χ3v) is 4.64. The fourth-order valence-electron chi connectivity index (χ4n) is 3.07. The highest BCUT2D eigenvalue weighted by Crippen LogP contribution is 2.24. The Morgan fingerprint density at radius 2 is 2.00 bits per heavy atom. The maximum Gasteiger partial charge on any atom is 0.144 e. The average Bonchev–Trinajstić information content (AvgIpc) is 2.75. The van der Waals surface area contributed by atoms with Gasteiger partial charge in [-0.3, -0.25) is 0 Å². The van der Waals surface area contributed by atoms with E-state index in [-0.39, 0.29) is 5.41 Å². The Labute approximate surface area is 123 Å². The Kier molecular flexibility index (Phi) is 6.27. The molecule has 118 valence electrons. The van der Waals surface area contributed by atoms with Crippen LogP contribution in [-0.2, 0) is 0 Å². The summed E-state index contributed by atoms with van der Waals surface area (Å²) in [6.45, 7) is 9.93. The van der Waals surface area contributed by atoms with Gasteiger partial charge in [-0.25, -0.2) is 0 Å². The summed E-state index contributed by atoms with van der Waals surface area (Å²) in [6.07, 6.45) is 3.25. The summed E-state index contributed by atoms with van der Waals surface area (Å²) in [4.78, 5) is 4.90. The molecule has 1 heterocycles. The van der Waals surface area contributed by atoms with Crippen molar-refractivity contribution < 1.29 is 5.21 Å². The van der Waals surface area contributed by atoms with Crippen LogP contribution in [0.4, 0.5) is 0 Å². The lowest BCUT2D eigenvalue weighted by molar-refractivity contribution is 0.249. The van der Waals surface area contributed by atoms with Gasteiger partial charge in [0.2, 0.25) is 0 Å². The van der Waals surface area contributed by atoms with Gasteiger partial charge >= 0.3 is 0 Å². The second kappa shape index (κ2) is 7.27. The fraction of sp³-hybridized carbons (Fsp3) is 0.933. The minimum absolute atomic E-state index is 0.209. The van der Waals surface area contributed by atoms with Crippen LogP contribution < -0.4 is 5.73 Å². The molecule has 0 aliphatic carbocycles. The minimum atomic E-state index is -0.209.